The van der Waals surface area contributed by atoms with Crippen molar-refractivity contribution in [2.45, 2.75) is 6.10 Å². The summed E-state index contributed by atoms with van der Waals surface area (Å²) in [7, 11) is 1.66. The van der Waals surface area contributed by atoms with Crippen LogP contribution in [0.2, 0.25) is 0 Å². The summed E-state index contributed by atoms with van der Waals surface area (Å²) in [6.07, 6.45) is -0.643. The third kappa shape index (κ3) is 2.76. The van der Waals surface area contributed by atoms with Crippen molar-refractivity contribution in [3.8, 4) is 5.75 Å². The highest BCUT2D eigenvalue weighted by Crippen LogP contribution is 2.34. The normalized spacial score (nSPS) is 12.3. The van der Waals surface area contributed by atoms with Gasteiger partial charge >= 0.3 is 0 Å². The molecule has 3 aromatic carbocycles. The van der Waals surface area contributed by atoms with Gasteiger partial charge in [-0.1, -0.05) is 42.5 Å². The summed E-state index contributed by atoms with van der Waals surface area (Å²) < 4.78 is 6.52. The summed E-state index contributed by atoms with van der Waals surface area (Å²) in [6, 6.07) is 19.8. The lowest BCUT2D eigenvalue weighted by atomic mass is 9.95. The van der Waals surface area contributed by atoms with Crippen molar-refractivity contribution in [3.63, 3.8) is 0 Å². The van der Waals surface area contributed by atoms with E-state index in [9.17, 15) is 5.11 Å². The molecule has 1 atom stereocenters. The SMILES string of the molecule is COc1ccc(C(O)c2cccc(I)c2)c2ccccc12. The number of fused-ring (bicyclic) bond motifs is 1. The minimum atomic E-state index is -0.643. The van der Waals surface area contributed by atoms with Crippen molar-refractivity contribution in [2.24, 2.45) is 0 Å². The number of aliphatic hydroxyl groups excluding tert-OH is 1. The first-order valence-corrected chi connectivity index (χ1v) is 7.78. The molecule has 3 aromatic rings. The molecule has 2 nitrogen and oxygen atoms in total. The molecule has 3 rings (SSSR count). The maximum atomic E-state index is 10.7. The van der Waals surface area contributed by atoms with Crippen LogP contribution in [0, 0.1) is 3.57 Å². The Bertz CT molecular complexity index is 783. The maximum absolute atomic E-state index is 10.7. The first kappa shape index (κ1) is 14.4. The van der Waals surface area contributed by atoms with Gasteiger partial charge in [-0.3, -0.25) is 0 Å². The van der Waals surface area contributed by atoms with Crippen LogP contribution < -0.4 is 4.74 Å². The molecule has 0 aliphatic carbocycles. The zero-order valence-corrected chi connectivity index (χ0v) is 13.7. The van der Waals surface area contributed by atoms with E-state index in [-0.39, 0.29) is 0 Å². The predicted molar refractivity (Wildman–Crippen MR) is 93.7 cm³/mol. The van der Waals surface area contributed by atoms with Crippen LogP contribution in [0.5, 0.6) is 5.75 Å². The molecule has 0 heterocycles. The average Bonchev–Trinajstić information content (AvgIpc) is 2.53. The molecule has 0 bridgehead atoms. The van der Waals surface area contributed by atoms with E-state index < -0.39 is 6.10 Å². The number of benzene rings is 3. The summed E-state index contributed by atoms with van der Waals surface area (Å²) in [4.78, 5) is 0. The zero-order valence-electron chi connectivity index (χ0n) is 11.6. The second-order valence-electron chi connectivity index (χ2n) is 4.86. The van der Waals surface area contributed by atoms with Crippen molar-refractivity contribution >= 4 is 33.4 Å². The molecule has 0 aromatic heterocycles. The van der Waals surface area contributed by atoms with E-state index in [2.05, 4.69) is 22.6 Å². The van der Waals surface area contributed by atoms with Crippen LogP contribution in [0.3, 0.4) is 0 Å². The summed E-state index contributed by atoms with van der Waals surface area (Å²) >= 11 is 2.26. The molecule has 0 amide bonds. The fourth-order valence-corrected chi connectivity index (χ4v) is 3.13. The minimum absolute atomic E-state index is 0.643. The van der Waals surface area contributed by atoms with Crippen molar-refractivity contribution in [2.75, 3.05) is 7.11 Å². The summed E-state index contributed by atoms with van der Waals surface area (Å²) in [6.45, 7) is 0. The molecule has 0 saturated carbocycles. The molecular weight excluding hydrogens is 375 g/mol. The minimum Gasteiger partial charge on any atom is -0.496 e. The van der Waals surface area contributed by atoms with Gasteiger partial charge in [-0.15, -0.1) is 0 Å². The molecule has 0 aliphatic rings. The monoisotopic (exact) mass is 390 g/mol. The van der Waals surface area contributed by atoms with Crippen molar-refractivity contribution in [3.05, 3.63) is 75.4 Å². The zero-order chi connectivity index (χ0) is 14.8. The quantitative estimate of drug-likeness (QED) is 0.666. The molecule has 0 saturated heterocycles. The number of hydrogen-bond acceptors (Lipinski definition) is 2. The van der Waals surface area contributed by atoms with Crippen LogP contribution in [0.1, 0.15) is 17.2 Å². The van der Waals surface area contributed by atoms with Crippen LogP contribution in [0.25, 0.3) is 10.8 Å². The van der Waals surface area contributed by atoms with E-state index in [4.69, 9.17) is 4.74 Å². The lowest BCUT2D eigenvalue weighted by Gasteiger charge is -2.16. The van der Waals surface area contributed by atoms with E-state index in [1.807, 2.05) is 60.7 Å². The van der Waals surface area contributed by atoms with E-state index in [1.54, 1.807) is 7.11 Å². The van der Waals surface area contributed by atoms with Gasteiger partial charge in [0, 0.05) is 8.96 Å². The van der Waals surface area contributed by atoms with E-state index in [1.165, 1.54) is 0 Å². The van der Waals surface area contributed by atoms with Crippen molar-refractivity contribution < 1.29 is 9.84 Å². The molecule has 0 aliphatic heterocycles. The molecular formula is C18H15IO2. The Morgan fingerprint density at radius 3 is 2.43 bits per heavy atom. The molecule has 0 fully saturated rings. The first-order valence-electron chi connectivity index (χ1n) is 6.70. The Morgan fingerprint density at radius 2 is 1.71 bits per heavy atom. The molecule has 21 heavy (non-hydrogen) atoms. The largest absolute Gasteiger partial charge is 0.496 e. The first-order chi connectivity index (χ1) is 10.2. The molecule has 0 radical (unpaired) electrons. The highest BCUT2D eigenvalue weighted by molar-refractivity contribution is 14.1. The van der Waals surface area contributed by atoms with Gasteiger partial charge in [0.2, 0.25) is 0 Å². The van der Waals surface area contributed by atoms with E-state index in [0.717, 1.165) is 31.2 Å². The number of halogens is 1. The Kier molecular flexibility index (Phi) is 4.12. The summed E-state index contributed by atoms with van der Waals surface area (Å²) in [5.74, 6) is 0.823. The standard InChI is InChI=1S/C18H15IO2/c1-21-17-10-9-16(14-7-2-3-8-15(14)17)18(20)12-5-4-6-13(19)11-12/h2-11,18,20H,1H3. The van der Waals surface area contributed by atoms with Crippen molar-refractivity contribution in [1.82, 2.24) is 0 Å². The third-order valence-corrected chi connectivity index (χ3v) is 4.27. The van der Waals surface area contributed by atoms with Gasteiger partial charge in [-0.05, 0) is 57.3 Å². The number of rotatable bonds is 3. The predicted octanol–water partition coefficient (Wildman–Crippen LogP) is 4.53. The molecule has 1 N–H and O–H groups in total. The van der Waals surface area contributed by atoms with E-state index in [0.29, 0.717) is 0 Å². The highest BCUT2D eigenvalue weighted by Gasteiger charge is 2.15. The van der Waals surface area contributed by atoms with Crippen LogP contribution in [0.15, 0.2) is 60.7 Å². The molecule has 0 spiro atoms. The molecule has 3 heteroatoms. The maximum Gasteiger partial charge on any atom is 0.126 e. The Labute approximate surface area is 137 Å². The topological polar surface area (TPSA) is 29.5 Å². The van der Waals surface area contributed by atoms with Gasteiger partial charge in [-0.2, -0.15) is 0 Å². The van der Waals surface area contributed by atoms with Gasteiger partial charge in [-0.25, -0.2) is 0 Å². The van der Waals surface area contributed by atoms with E-state index >= 15 is 0 Å². The number of methoxy groups -OCH3 is 1. The van der Waals surface area contributed by atoms with Gasteiger partial charge < -0.3 is 9.84 Å². The summed E-state index contributed by atoms with van der Waals surface area (Å²) in [5, 5.41) is 12.8. The Morgan fingerprint density at radius 1 is 0.952 bits per heavy atom. The van der Waals surface area contributed by atoms with Gasteiger partial charge in [0.25, 0.3) is 0 Å². The molecule has 106 valence electrons. The van der Waals surface area contributed by atoms with Crippen LogP contribution in [0.4, 0.5) is 0 Å². The molecule has 1 unspecified atom stereocenters. The number of ether oxygens (including phenoxy) is 1. The van der Waals surface area contributed by atoms with Gasteiger partial charge in [0.15, 0.2) is 0 Å². The van der Waals surface area contributed by atoms with Crippen molar-refractivity contribution in [1.29, 1.82) is 0 Å². The Hall–Kier alpha value is -1.59. The lowest BCUT2D eigenvalue weighted by Crippen LogP contribution is -2.01. The van der Waals surface area contributed by atoms with Crippen LogP contribution in [-0.4, -0.2) is 12.2 Å². The fourth-order valence-electron chi connectivity index (χ4n) is 2.57. The van der Waals surface area contributed by atoms with Gasteiger partial charge in [0.05, 0.1) is 7.11 Å². The van der Waals surface area contributed by atoms with Crippen LogP contribution in [-0.2, 0) is 0 Å². The number of aliphatic hydroxyl groups is 1. The second kappa shape index (κ2) is 6.03. The lowest BCUT2D eigenvalue weighted by molar-refractivity contribution is 0.221. The smallest absolute Gasteiger partial charge is 0.126 e. The number of hydrogen-bond donors (Lipinski definition) is 1. The summed E-state index contributed by atoms with van der Waals surface area (Å²) in [5.41, 5.74) is 1.80. The fraction of sp³-hybridized carbons (Fsp3) is 0.111. The van der Waals surface area contributed by atoms with Gasteiger partial charge in [0.1, 0.15) is 11.9 Å². The highest BCUT2D eigenvalue weighted by atomic mass is 127. The Balaban J connectivity index is 2.17. The second-order valence-corrected chi connectivity index (χ2v) is 6.11. The van der Waals surface area contributed by atoms with Crippen LogP contribution >= 0.6 is 22.6 Å². The third-order valence-electron chi connectivity index (χ3n) is 3.60. The average molecular weight is 390 g/mol.